The second kappa shape index (κ2) is 8.40. The predicted molar refractivity (Wildman–Crippen MR) is 85.9 cm³/mol. The molecule has 0 saturated carbocycles. The van der Waals surface area contributed by atoms with E-state index >= 15 is 0 Å². The summed E-state index contributed by atoms with van der Waals surface area (Å²) in [6.45, 7) is 10.3. The van der Waals surface area contributed by atoms with Crippen LogP contribution < -0.4 is 5.32 Å². The smallest absolute Gasteiger partial charge is 0.246 e. The van der Waals surface area contributed by atoms with Crippen LogP contribution in [0.25, 0.3) is 0 Å². The van der Waals surface area contributed by atoms with Gasteiger partial charge in [0, 0.05) is 6.04 Å². The van der Waals surface area contributed by atoms with Gasteiger partial charge in [-0.15, -0.1) is 0 Å². The van der Waals surface area contributed by atoms with Crippen molar-refractivity contribution < 1.29 is 9.59 Å². The first-order valence-electron chi connectivity index (χ1n) is 8.60. The fraction of sp³-hybridized carbons (Fsp3) is 0.882. The summed E-state index contributed by atoms with van der Waals surface area (Å²) in [5, 5.41) is 2.94. The van der Waals surface area contributed by atoms with E-state index in [-0.39, 0.29) is 35.9 Å². The number of carbonyl (C=O) groups excluding carboxylic acids is 2. The summed E-state index contributed by atoms with van der Waals surface area (Å²) in [5.41, 5.74) is 0. The van der Waals surface area contributed by atoms with E-state index in [0.717, 1.165) is 19.3 Å². The van der Waals surface area contributed by atoms with Gasteiger partial charge in [0.15, 0.2) is 0 Å². The quantitative estimate of drug-likeness (QED) is 0.700. The Hall–Kier alpha value is -1.06. The molecule has 21 heavy (non-hydrogen) atoms. The molecule has 1 saturated heterocycles. The lowest BCUT2D eigenvalue weighted by atomic mass is 9.92. The summed E-state index contributed by atoms with van der Waals surface area (Å²) in [4.78, 5) is 27.0. The summed E-state index contributed by atoms with van der Waals surface area (Å²) >= 11 is 0. The van der Waals surface area contributed by atoms with Gasteiger partial charge in [0.25, 0.3) is 0 Å². The van der Waals surface area contributed by atoms with Gasteiger partial charge in [0.1, 0.15) is 12.1 Å². The van der Waals surface area contributed by atoms with Gasteiger partial charge in [-0.1, -0.05) is 53.4 Å². The predicted octanol–water partition coefficient (Wildman–Crippen LogP) is 3.11. The minimum absolute atomic E-state index is 0.0183. The number of nitrogens with zero attached hydrogens (tertiary/aromatic N) is 1. The summed E-state index contributed by atoms with van der Waals surface area (Å²) < 4.78 is 0. The molecule has 0 aliphatic carbocycles. The third-order valence-corrected chi connectivity index (χ3v) is 4.76. The molecule has 0 aromatic rings. The van der Waals surface area contributed by atoms with E-state index in [2.05, 4.69) is 26.1 Å². The molecule has 1 N–H and O–H groups in total. The van der Waals surface area contributed by atoms with Crippen molar-refractivity contribution in [3.05, 3.63) is 0 Å². The van der Waals surface area contributed by atoms with Gasteiger partial charge in [0.05, 0.1) is 0 Å². The van der Waals surface area contributed by atoms with Crippen LogP contribution in [0.3, 0.4) is 0 Å². The van der Waals surface area contributed by atoms with Crippen molar-refractivity contribution in [2.24, 2.45) is 5.92 Å². The largest absolute Gasteiger partial charge is 0.342 e. The lowest BCUT2D eigenvalue weighted by molar-refractivity contribution is -0.153. The zero-order chi connectivity index (χ0) is 16.0. The van der Waals surface area contributed by atoms with Crippen molar-refractivity contribution in [2.45, 2.75) is 91.3 Å². The van der Waals surface area contributed by atoms with E-state index < -0.39 is 0 Å². The van der Waals surface area contributed by atoms with E-state index in [1.54, 1.807) is 0 Å². The van der Waals surface area contributed by atoms with E-state index in [0.29, 0.717) is 6.42 Å². The maximum absolute atomic E-state index is 12.8. The first-order valence-corrected chi connectivity index (χ1v) is 8.60. The number of unbranched alkanes of at least 4 members (excludes halogenated alkanes) is 2. The number of nitrogens with one attached hydrogen (secondary N) is 1. The van der Waals surface area contributed by atoms with Crippen molar-refractivity contribution in [1.29, 1.82) is 0 Å². The summed E-state index contributed by atoms with van der Waals surface area (Å²) in [5.74, 6) is 0.314. The van der Waals surface area contributed by atoms with Crippen molar-refractivity contribution in [3.8, 4) is 0 Å². The SMILES string of the molecule is CCCCCC(C)N1C(=O)C(C(C)CC)NC(=O)C1CC. The molecule has 2 amide bonds. The second-order valence-electron chi connectivity index (χ2n) is 6.39. The highest BCUT2D eigenvalue weighted by atomic mass is 16.2. The fourth-order valence-electron chi connectivity index (χ4n) is 3.11. The van der Waals surface area contributed by atoms with Crippen LogP contribution in [0.1, 0.15) is 73.1 Å². The highest BCUT2D eigenvalue weighted by Crippen LogP contribution is 2.23. The first kappa shape index (κ1) is 18.0. The Balaban J connectivity index is 2.87. The lowest BCUT2D eigenvalue weighted by Crippen LogP contribution is -2.66. The molecule has 1 rings (SSSR count). The van der Waals surface area contributed by atoms with Crippen molar-refractivity contribution in [2.75, 3.05) is 0 Å². The Morgan fingerprint density at radius 2 is 1.81 bits per heavy atom. The average Bonchev–Trinajstić information content (AvgIpc) is 2.47. The van der Waals surface area contributed by atoms with E-state index in [9.17, 15) is 9.59 Å². The molecule has 1 aliphatic rings. The van der Waals surface area contributed by atoms with Crippen LogP contribution in [0, 0.1) is 5.92 Å². The number of carbonyl (C=O) groups is 2. The molecule has 4 heteroatoms. The number of hydrogen-bond donors (Lipinski definition) is 1. The first-order chi connectivity index (χ1) is 9.97. The van der Waals surface area contributed by atoms with Crippen molar-refractivity contribution in [1.82, 2.24) is 10.2 Å². The molecule has 0 aromatic carbocycles. The average molecular weight is 296 g/mol. The topological polar surface area (TPSA) is 49.4 Å². The molecule has 122 valence electrons. The summed E-state index contributed by atoms with van der Waals surface area (Å²) in [7, 11) is 0. The Kier molecular flexibility index (Phi) is 7.20. The number of piperazine rings is 1. The summed E-state index contributed by atoms with van der Waals surface area (Å²) in [6, 6.07) is -0.500. The van der Waals surface area contributed by atoms with Gasteiger partial charge in [-0.25, -0.2) is 0 Å². The zero-order valence-electron chi connectivity index (χ0n) is 14.3. The molecule has 1 fully saturated rings. The maximum Gasteiger partial charge on any atom is 0.246 e. The molecule has 0 spiro atoms. The molecule has 0 radical (unpaired) electrons. The number of amides is 2. The van der Waals surface area contributed by atoms with Crippen molar-refractivity contribution >= 4 is 11.8 Å². The standard InChI is InChI=1S/C17H32N2O2/c1-6-9-10-11-13(5)19-14(8-3)16(20)18-15(17(19)21)12(4)7-2/h12-15H,6-11H2,1-5H3,(H,18,20). The summed E-state index contributed by atoms with van der Waals surface area (Å²) in [6.07, 6.45) is 6.04. The third-order valence-electron chi connectivity index (χ3n) is 4.76. The van der Waals surface area contributed by atoms with Crippen LogP contribution in [-0.2, 0) is 9.59 Å². The van der Waals surface area contributed by atoms with Crippen LogP contribution in [0.2, 0.25) is 0 Å². The monoisotopic (exact) mass is 296 g/mol. The van der Waals surface area contributed by atoms with Gasteiger partial charge < -0.3 is 10.2 Å². The van der Waals surface area contributed by atoms with Crippen LogP contribution >= 0.6 is 0 Å². The van der Waals surface area contributed by atoms with Crippen LogP contribution in [0.15, 0.2) is 0 Å². The molecular weight excluding hydrogens is 264 g/mol. The Labute approximate surface area is 129 Å². The molecule has 0 aromatic heterocycles. The Morgan fingerprint density at radius 3 is 2.33 bits per heavy atom. The normalized spacial score (nSPS) is 25.7. The molecule has 4 nitrogen and oxygen atoms in total. The van der Waals surface area contributed by atoms with Crippen LogP contribution in [0.4, 0.5) is 0 Å². The maximum atomic E-state index is 12.8. The number of hydrogen-bond acceptors (Lipinski definition) is 2. The Bertz CT molecular complexity index is 357. The van der Waals surface area contributed by atoms with Gasteiger partial charge in [-0.2, -0.15) is 0 Å². The minimum Gasteiger partial charge on any atom is -0.342 e. The zero-order valence-corrected chi connectivity index (χ0v) is 14.3. The molecule has 4 atom stereocenters. The van der Waals surface area contributed by atoms with E-state index in [1.807, 2.05) is 18.7 Å². The molecule has 0 bridgehead atoms. The van der Waals surface area contributed by atoms with Crippen LogP contribution in [0.5, 0.6) is 0 Å². The van der Waals surface area contributed by atoms with Gasteiger partial charge in [-0.05, 0) is 25.7 Å². The number of rotatable bonds is 8. The molecule has 1 aliphatic heterocycles. The molecule has 1 heterocycles. The van der Waals surface area contributed by atoms with Crippen molar-refractivity contribution in [3.63, 3.8) is 0 Å². The fourth-order valence-corrected chi connectivity index (χ4v) is 3.11. The van der Waals surface area contributed by atoms with Gasteiger partial charge in [-0.3, -0.25) is 9.59 Å². The lowest BCUT2D eigenvalue weighted by Gasteiger charge is -2.43. The highest BCUT2D eigenvalue weighted by molar-refractivity contribution is 5.97. The van der Waals surface area contributed by atoms with E-state index in [4.69, 9.17) is 0 Å². The van der Waals surface area contributed by atoms with Gasteiger partial charge in [0.2, 0.25) is 11.8 Å². The third kappa shape index (κ3) is 4.21. The Morgan fingerprint density at radius 1 is 1.14 bits per heavy atom. The highest BCUT2D eigenvalue weighted by Gasteiger charge is 2.43. The minimum atomic E-state index is -0.348. The molecular formula is C17H32N2O2. The van der Waals surface area contributed by atoms with E-state index in [1.165, 1.54) is 12.8 Å². The molecule has 4 unspecified atom stereocenters. The second-order valence-corrected chi connectivity index (χ2v) is 6.39. The van der Waals surface area contributed by atoms with Crippen LogP contribution in [-0.4, -0.2) is 34.8 Å². The van der Waals surface area contributed by atoms with Gasteiger partial charge >= 0.3 is 0 Å².